The number of furan rings is 1. The van der Waals surface area contributed by atoms with E-state index in [0.29, 0.717) is 6.04 Å². The van der Waals surface area contributed by atoms with Crippen LogP contribution in [0.2, 0.25) is 0 Å². The number of nitrogens with zero attached hydrogens (tertiary/aromatic N) is 1. The molecule has 3 rings (SSSR count). The van der Waals surface area contributed by atoms with Gasteiger partial charge in [-0.2, -0.15) is 0 Å². The first-order valence-corrected chi connectivity index (χ1v) is 7.75. The molecule has 0 radical (unpaired) electrons. The van der Waals surface area contributed by atoms with E-state index in [1.54, 1.807) is 6.07 Å². The number of rotatable bonds is 3. The van der Waals surface area contributed by atoms with Crippen LogP contribution < -0.4 is 0 Å². The van der Waals surface area contributed by atoms with E-state index in [2.05, 4.69) is 11.8 Å². The first-order chi connectivity index (χ1) is 9.66. The lowest BCUT2D eigenvalue weighted by Crippen LogP contribution is -2.47. The minimum atomic E-state index is -0.988. The molecule has 1 aromatic heterocycles. The Hall–Kier alpha value is -1.29. The molecule has 1 saturated carbocycles. The van der Waals surface area contributed by atoms with Crippen LogP contribution in [-0.4, -0.2) is 28.6 Å². The Morgan fingerprint density at radius 3 is 2.80 bits per heavy atom. The number of piperidine rings is 1. The Balaban J connectivity index is 1.77. The fourth-order valence-corrected chi connectivity index (χ4v) is 4.00. The maximum atomic E-state index is 10.9. The van der Waals surface area contributed by atoms with Gasteiger partial charge in [0.1, 0.15) is 5.76 Å². The zero-order valence-electron chi connectivity index (χ0n) is 12.0. The summed E-state index contributed by atoms with van der Waals surface area (Å²) in [6, 6.07) is 4.22. The molecule has 1 aliphatic carbocycles. The van der Waals surface area contributed by atoms with E-state index in [0.717, 1.165) is 18.2 Å². The summed E-state index contributed by atoms with van der Waals surface area (Å²) in [7, 11) is 0. The Morgan fingerprint density at radius 2 is 2.05 bits per heavy atom. The average Bonchev–Trinajstić information content (AvgIpc) is 2.96. The van der Waals surface area contributed by atoms with Crippen LogP contribution in [0.4, 0.5) is 0 Å². The van der Waals surface area contributed by atoms with Gasteiger partial charge in [0.05, 0.1) is 6.04 Å². The maximum Gasteiger partial charge on any atom is 0.371 e. The molecular formula is C16H23NO3. The Labute approximate surface area is 119 Å². The summed E-state index contributed by atoms with van der Waals surface area (Å²) in [6.45, 7) is 3.24. The quantitative estimate of drug-likeness (QED) is 0.915. The fourth-order valence-electron chi connectivity index (χ4n) is 4.00. The monoisotopic (exact) mass is 277 g/mol. The molecule has 2 heterocycles. The van der Waals surface area contributed by atoms with Crippen molar-refractivity contribution in [3.8, 4) is 0 Å². The normalized spacial score (nSPS) is 28.9. The summed E-state index contributed by atoms with van der Waals surface area (Å²) in [4.78, 5) is 13.5. The second-order valence-corrected chi connectivity index (χ2v) is 6.18. The van der Waals surface area contributed by atoms with Gasteiger partial charge >= 0.3 is 5.97 Å². The van der Waals surface area contributed by atoms with Crippen LogP contribution in [0.1, 0.15) is 67.8 Å². The van der Waals surface area contributed by atoms with E-state index in [1.165, 1.54) is 38.5 Å². The second kappa shape index (κ2) is 5.60. The number of hydrogen-bond acceptors (Lipinski definition) is 3. The van der Waals surface area contributed by atoms with Crippen LogP contribution in [0.3, 0.4) is 0 Å². The molecule has 4 heteroatoms. The molecule has 20 heavy (non-hydrogen) atoms. The number of carboxylic acid groups (broad SMARTS) is 1. The topological polar surface area (TPSA) is 53.7 Å². The van der Waals surface area contributed by atoms with Crippen LogP contribution in [-0.2, 0) is 0 Å². The van der Waals surface area contributed by atoms with E-state index < -0.39 is 5.97 Å². The van der Waals surface area contributed by atoms with Crippen LogP contribution in [0.15, 0.2) is 16.5 Å². The van der Waals surface area contributed by atoms with Crippen molar-refractivity contribution in [2.24, 2.45) is 5.92 Å². The summed E-state index contributed by atoms with van der Waals surface area (Å²) >= 11 is 0. The number of likely N-dealkylation sites (tertiary alicyclic amines) is 1. The Bertz CT molecular complexity index is 480. The second-order valence-electron chi connectivity index (χ2n) is 6.18. The highest BCUT2D eigenvalue weighted by Gasteiger charge is 2.36. The average molecular weight is 277 g/mol. The number of carboxylic acids is 1. The minimum Gasteiger partial charge on any atom is -0.475 e. The van der Waals surface area contributed by atoms with Crippen molar-refractivity contribution in [1.29, 1.82) is 0 Å². The van der Waals surface area contributed by atoms with Gasteiger partial charge in [-0.25, -0.2) is 4.79 Å². The third kappa shape index (κ3) is 2.49. The van der Waals surface area contributed by atoms with E-state index >= 15 is 0 Å². The molecule has 1 N–H and O–H groups in total. The zero-order chi connectivity index (χ0) is 14.1. The van der Waals surface area contributed by atoms with E-state index in [4.69, 9.17) is 9.52 Å². The molecule has 2 fully saturated rings. The number of carbonyl (C=O) groups is 1. The zero-order valence-corrected chi connectivity index (χ0v) is 12.0. The highest BCUT2D eigenvalue weighted by Crippen LogP contribution is 2.39. The van der Waals surface area contributed by atoms with Crippen LogP contribution in [0, 0.1) is 5.92 Å². The minimum absolute atomic E-state index is 0.0454. The summed E-state index contributed by atoms with van der Waals surface area (Å²) in [6.07, 6.45) is 7.93. The van der Waals surface area contributed by atoms with Crippen molar-refractivity contribution < 1.29 is 14.3 Å². The maximum absolute atomic E-state index is 10.9. The largest absolute Gasteiger partial charge is 0.475 e. The number of fused-ring (bicyclic) bond motifs is 1. The van der Waals surface area contributed by atoms with Gasteiger partial charge in [0, 0.05) is 6.04 Å². The Kier molecular flexibility index (Phi) is 3.83. The standard InChI is InChI=1S/C16H23NO3/c1-11(14-8-9-15(20-14)16(18)19)17-10-4-6-12-5-2-3-7-13(12)17/h8-9,11-13H,2-7,10H2,1H3,(H,18,19). The van der Waals surface area contributed by atoms with Crippen molar-refractivity contribution in [2.75, 3.05) is 6.54 Å². The van der Waals surface area contributed by atoms with Gasteiger partial charge in [-0.1, -0.05) is 12.8 Å². The molecule has 0 amide bonds. The van der Waals surface area contributed by atoms with Gasteiger partial charge in [-0.3, -0.25) is 4.90 Å². The van der Waals surface area contributed by atoms with Crippen LogP contribution >= 0.6 is 0 Å². The summed E-state index contributed by atoms with van der Waals surface area (Å²) in [5.41, 5.74) is 0. The highest BCUT2D eigenvalue weighted by atomic mass is 16.4. The summed E-state index contributed by atoms with van der Waals surface area (Å²) in [5, 5.41) is 8.97. The van der Waals surface area contributed by atoms with Crippen LogP contribution in [0.25, 0.3) is 0 Å². The molecule has 3 atom stereocenters. The first kappa shape index (κ1) is 13.7. The summed E-state index contributed by atoms with van der Waals surface area (Å²) < 4.78 is 5.50. The smallest absolute Gasteiger partial charge is 0.371 e. The third-order valence-electron chi connectivity index (χ3n) is 5.03. The van der Waals surface area contributed by atoms with Gasteiger partial charge in [0.15, 0.2) is 0 Å². The Morgan fingerprint density at radius 1 is 1.30 bits per heavy atom. The predicted octanol–water partition coefficient (Wildman–Crippen LogP) is 3.69. The highest BCUT2D eigenvalue weighted by molar-refractivity contribution is 5.84. The first-order valence-electron chi connectivity index (χ1n) is 7.75. The molecule has 1 aliphatic heterocycles. The molecule has 110 valence electrons. The molecule has 1 aromatic rings. The molecule has 0 bridgehead atoms. The molecule has 0 aromatic carbocycles. The lowest BCUT2D eigenvalue weighted by Gasteiger charge is -2.46. The molecule has 4 nitrogen and oxygen atoms in total. The van der Waals surface area contributed by atoms with Gasteiger partial charge in [0.2, 0.25) is 5.76 Å². The van der Waals surface area contributed by atoms with E-state index in [1.807, 2.05) is 6.07 Å². The van der Waals surface area contributed by atoms with Gasteiger partial charge in [-0.05, 0) is 57.2 Å². The SMILES string of the molecule is CC(c1ccc(C(=O)O)o1)N1CCCC2CCCCC21. The van der Waals surface area contributed by atoms with Gasteiger partial charge in [0.25, 0.3) is 0 Å². The van der Waals surface area contributed by atoms with Crippen LogP contribution in [0.5, 0.6) is 0 Å². The molecule has 0 spiro atoms. The molecule has 2 aliphatic rings. The number of aromatic carboxylic acids is 1. The fraction of sp³-hybridized carbons (Fsp3) is 0.688. The van der Waals surface area contributed by atoms with Crippen molar-refractivity contribution in [3.05, 3.63) is 23.7 Å². The van der Waals surface area contributed by atoms with Gasteiger partial charge < -0.3 is 9.52 Å². The third-order valence-corrected chi connectivity index (χ3v) is 5.03. The van der Waals surface area contributed by atoms with Crippen molar-refractivity contribution in [3.63, 3.8) is 0 Å². The van der Waals surface area contributed by atoms with Gasteiger partial charge in [-0.15, -0.1) is 0 Å². The molecular weight excluding hydrogens is 254 g/mol. The van der Waals surface area contributed by atoms with Crippen molar-refractivity contribution >= 4 is 5.97 Å². The summed E-state index contributed by atoms with van der Waals surface area (Å²) in [5.74, 6) is 0.671. The molecule has 3 unspecified atom stereocenters. The van der Waals surface area contributed by atoms with Crippen molar-refractivity contribution in [2.45, 2.75) is 57.5 Å². The van der Waals surface area contributed by atoms with E-state index in [-0.39, 0.29) is 11.8 Å². The lowest BCUT2D eigenvalue weighted by atomic mass is 9.77. The number of hydrogen-bond donors (Lipinski definition) is 1. The van der Waals surface area contributed by atoms with E-state index in [9.17, 15) is 4.79 Å². The molecule has 1 saturated heterocycles. The van der Waals surface area contributed by atoms with Crippen molar-refractivity contribution in [1.82, 2.24) is 4.90 Å². The lowest BCUT2D eigenvalue weighted by molar-refractivity contribution is 0.0233. The predicted molar refractivity (Wildman–Crippen MR) is 75.8 cm³/mol.